The molecule has 3 heteroatoms. The average Bonchev–Trinajstić information content (AvgIpc) is 2.25. The topological polar surface area (TPSA) is 46.5 Å². The van der Waals surface area contributed by atoms with Gasteiger partial charge in [0.15, 0.2) is 0 Å². The number of rotatable bonds is 0. The predicted octanol–water partition coefficient (Wildman–Crippen LogP) is 0.242. The first kappa shape index (κ1) is 8.82. The molecule has 0 radical (unpaired) electrons. The summed E-state index contributed by atoms with van der Waals surface area (Å²) < 4.78 is 4.76. The van der Waals surface area contributed by atoms with Gasteiger partial charge in [-0.05, 0) is 13.8 Å². The van der Waals surface area contributed by atoms with Crippen LogP contribution in [0.15, 0.2) is 11.6 Å². The van der Waals surface area contributed by atoms with Gasteiger partial charge in [0, 0.05) is 6.08 Å². The fourth-order valence-corrected chi connectivity index (χ4v) is 0.969. The van der Waals surface area contributed by atoms with E-state index in [1.165, 1.54) is 6.08 Å². The Morgan fingerprint density at radius 1 is 1.67 bits per heavy atom. The lowest BCUT2D eigenvalue weighted by Gasteiger charge is -2.03. The van der Waals surface area contributed by atoms with Crippen molar-refractivity contribution in [3.05, 3.63) is 11.6 Å². The van der Waals surface area contributed by atoms with Gasteiger partial charge in [0.2, 0.25) is 0 Å². The lowest BCUT2D eigenvalue weighted by Crippen LogP contribution is -2.17. The van der Waals surface area contributed by atoms with Crippen LogP contribution in [0.5, 0.6) is 0 Å². The number of aliphatic hydroxyl groups is 1. The predicted molar refractivity (Wildman–Crippen MR) is 43.1 cm³/mol. The first-order valence-corrected chi connectivity index (χ1v) is 3.68. The van der Waals surface area contributed by atoms with Gasteiger partial charge in [-0.3, -0.25) is 0 Å². The third-order valence-electron chi connectivity index (χ3n) is 1.66. The second-order valence-electron chi connectivity index (χ2n) is 2.55. The van der Waals surface area contributed by atoms with Crippen LogP contribution in [0.2, 0.25) is 0 Å². The van der Waals surface area contributed by atoms with E-state index in [1.54, 1.807) is 13.8 Å². The Hall–Kier alpha value is -1.27. The van der Waals surface area contributed by atoms with Crippen molar-refractivity contribution in [2.75, 3.05) is 0 Å². The van der Waals surface area contributed by atoms with Gasteiger partial charge < -0.3 is 9.84 Å². The maximum absolute atomic E-state index is 11.0. The van der Waals surface area contributed by atoms with Crippen LogP contribution in [-0.2, 0) is 9.53 Å². The van der Waals surface area contributed by atoms with E-state index >= 15 is 0 Å². The molecule has 0 bridgehead atoms. The minimum Gasteiger partial charge on any atom is -0.456 e. The summed E-state index contributed by atoms with van der Waals surface area (Å²) in [7, 11) is 0. The molecule has 1 aliphatic rings. The van der Waals surface area contributed by atoms with Crippen LogP contribution in [0.1, 0.15) is 13.8 Å². The van der Waals surface area contributed by atoms with Gasteiger partial charge in [0.1, 0.15) is 12.2 Å². The number of hydrogen-bond acceptors (Lipinski definition) is 3. The molecule has 1 saturated heterocycles. The van der Waals surface area contributed by atoms with Crippen LogP contribution in [0.25, 0.3) is 0 Å². The zero-order chi connectivity index (χ0) is 9.14. The molecule has 2 atom stereocenters. The average molecular weight is 166 g/mol. The Morgan fingerprint density at radius 2 is 2.33 bits per heavy atom. The molecule has 1 fully saturated rings. The SMILES string of the molecule is CC#C/C=C1\C(=O)O[C@@H](C)[C@@H]1O. The van der Waals surface area contributed by atoms with E-state index in [4.69, 9.17) is 4.74 Å². The molecule has 1 aliphatic heterocycles. The lowest BCUT2D eigenvalue weighted by molar-refractivity contribution is -0.138. The normalized spacial score (nSPS) is 31.2. The fraction of sp³-hybridized carbons (Fsp3) is 0.444. The van der Waals surface area contributed by atoms with Crippen molar-refractivity contribution in [1.29, 1.82) is 0 Å². The van der Waals surface area contributed by atoms with Crippen molar-refractivity contribution in [3.63, 3.8) is 0 Å². The van der Waals surface area contributed by atoms with E-state index in [-0.39, 0.29) is 5.57 Å². The number of allylic oxidation sites excluding steroid dienone is 1. The summed E-state index contributed by atoms with van der Waals surface area (Å²) in [4.78, 5) is 11.0. The third-order valence-corrected chi connectivity index (χ3v) is 1.66. The van der Waals surface area contributed by atoms with Crippen LogP contribution in [0.3, 0.4) is 0 Å². The standard InChI is InChI=1S/C9H10O3/c1-3-4-5-7-8(10)6(2)12-9(7)11/h5-6,8,10H,1-2H3/b7-5-/t6-,8-/m0/s1. The van der Waals surface area contributed by atoms with Crippen LogP contribution in [0, 0.1) is 11.8 Å². The van der Waals surface area contributed by atoms with Crippen molar-refractivity contribution in [1.82, 2.24) is 0 Å². The molecule has 12 heavy (non-hydrogen) atoms. The summed E-state index contributed by atoms with van der Waals surface area (Å²) >= 11 is 0. The molecule has 0 saturated carbocycles. The van der Waals surface area contributed by atoms with Crippen molar-refractivity contribution < 1.29 is 14.6 Å². The van der Waals surface area contributed by atoms with Gasteiger partial charge in [-0.1, -0.05) is 5.92 Å². The second kappa shape index (κ2) is 3.42. The monoisotopic (exact) mass is 166 g/mol. The summed E-state index contributed by atoms with van der Waals surface area (Å²) in [6.45, 7) is 3.30. The van der Waals surface area contributed by atoms with E-state index in [0.29, 0.717) is 0 Å². The highest BCUT2D eigenvalue weighted by Crippen LogP contribution is 2.19. The number of carbonyl (C=O) groups excluding carboxylic acids is 1. The molecule has 1 heterocycles. The Kier molecular flexibility index (Phi) is 2.51. The van der Waals surface area contributed by atoms with Crippen LogP contribution >= 0.6 is 0 Å². The number of esters is 1. The molecule has 0 aromatic heterocycles. The second-order valence-corrected chi connectivity index (χ2v) is 2.55. The zero-order valence-corrected chi connectivity index (χ0v) is 7.00. The highest BCUT2D eigenvalue weighted by molar-refractivity contribution is 5.92. The largest absolute Gasteiger partial charge is 0.456 e. The van der Waals surface area contributed by atoms with Crippen molar-refractivity contribution >= 4 is 5.97 Å². The number of cyclic esters (lactones) is 1. The summed E-state index contributed by atoms with van der Waals surface area (Å²) in [6.07, 6.45) is 0.108. The lowest BCUT2D eigenvalue weighted by atomic mass is 10.1. The molecule has 0 aromatic rings. The van der Waals surface area contributed by atoms with E-state index in [9.17, 15) is 9.90 Å². The first-order valence-electron chi connectivity index (χ1n) is 3.68. The summed E-state index contributed by atoms with van der Waals surface area (Å²) in [6, 6.07) is 0. The Morgan fingerprint density at radius 3 is 2.75 bits per heavy atom. The number of aliphatic hydroxyl groups excluding tert-OH is 1. The van der Waals surface area contributed by atoms with E-state index < -0.39 is 18.2 Å². The molecule has 0 spiro atoms. The fourth-order valence-electron chi connectivity index (χ4n) is 0.969. The molecule has 0 unspecified atom stereocenters. The summed E-state index contributed by atoms with van der Waals surface area (Å²) in [5.74, 6) is 4.73. The Labute approximate surface area is 71.0 Å². The molecular weight excluding hydrogens is 156 g/mol. The van der Waals surface area contributed by atoms with Crippen LogP contribution < -0.4 is 0 Å². The quantitative estimate of drug-likeness (QED) is 0.318. The van der Waals surface area contributed by atoms with Gasteiger partial charge in [0.25, 0.3) is 0 Å². The summed E-state index contributed by atoms with van der Waals surface area (Å²) in [5, 5.41) is 9.37. The molecule has 1 rings (SSSR count). The van der Waals surface area contributed by atoms with Crippen LogP contribution in [-0.4, -0.2) is 23.3 Å². The Bertz CT molecular complexity index is 280. The van der Waals surface area contributed by atoms with Crippen LogP contribution in [0.4, 0.5) is 0 Å². The maximum Gasteiger partial charge on any atom is 0.337 e. The van der Waals surface area contributed by atoms with E-state index in [1.807, 2.05) is 0 Å². The van der Waals surface area contributed by atoms with Gasteiger partial charge in [-0.15, -0.1) is 5.92 Å². The van der Waals surface area contributed by atoms with Crippen molar-refractivity contribution in [3.8, 4) is 11.8 Å². The highest BCUT2D eigenvalue weighted by Gasteiger charge is 2.35. The molecule has 0 amide bonds. The smallest absolute Gasteiger partial charge is 0.337 e. The van der Waals surface area contributed by atoms with Gasteiger partial charge in [-0.2, -0.15) is 0 Å². The number of hydrogen-bond donors (Lipinski definition) is 1. The molecule has 1 N–H and O–H groups in total. The summed E-state index contributed by atoms with van der Waals surface area (Å²) in [5.41, 5.74) is 0.247. The zero-order valence-electron chi connectivity index (χ0n) is 7.00. The molecule has 0 aromatic carbocycles. The Balaban J connectivity index is 2.88. The minimum atomic E-state index is -0.835. The third kappa shape index (κ3) is 1.49. The van der Waals surface area contributed by atoms with Gasteiger partial charge in [0.05, 0.1) is 5.57 Å². The molecule has 0 aliphatic carbocycles. The van der Waals surface area contributed by atoms with Gasteiger partial charge >= 0.3 is 5.97 Å². The maximum atomic E-state index is 11.0. The minimum absolute atomic E-state index is 0.247. The van der Waals surface area contributed by atoms with Crippen molar-refractivity contribution in [2.24, 2.45) is 0 Å². The van der Waals surface area contributed by atoms with Gasteiger partial charge in [-0.25, -0.2) is 4.79 Å². The first-order chi connectivity index (χ1) is 5.66. The number of ether oxygens (including phenoxy) is 1. The van der Waals surface area contributed by atoms with Crippen molar-refractivity contribution in [2.45, 2.75) is 26.1 Å². The molecule has 3 nitrogen and oxygen atoms in total. The van der Waals surface area contributed by atoms with E-state index in [0.717, 1.165) is 0 Å². The molecular formula is C9H10O3. The van der Waals surface area contributed by atoms with E-state index in [2.05, 4.69) is 11.8 Å². The molecule has 64 valence electrons. The highest BCUT2D eigenvalue weighted by atomic mass is 16.6. The number of carbonyl (C=O) groups is 1.